The Morgan fingerprint density at radius 3 is 2.94 bits per heavy atom. The summed E-state index contributed by atoms with van der Waals surface area (Å²) in [6.45, 7) is 1.91. The molecule has 1 heterocycles. The Morgan fingerprint density at radius 1 is 1.50 bits per heavy atom. The van der Waals surface area contributed by atoms with Gasteiger partial charge in [0.2, 0.25) is 5.88 Å². The number of nitrogens with zero attached hydrogens (tertiary/aromatic N) is 1. The fourth-order valence-corrected chi connectivity index (χ4v) is 1.24. The van der Waals surface area contributed by atoms with Gasteiger partial charge in [-0.3, -0.25) is 0 Å². The van der Waals surface area contributed by atoms with Crippen molar-refractivity contribution in [3.8, 4) is 5.75 Å². The zero-order valence-electron chi connectivity index (χ0n) is 8.64. The lowest BCUT2D eigenvalue weighted by Gasteiger charge is -2.03. The van der Waals surface area contributed by atoms with Crippen LogP contribution < -0.4 is 10.5 Å². The molecule has 2 aromatic rings. The van der Waals surface area contributed by atoms with Crippen LogP contribution in [0.1, 0.15) is 15.9 Å². The van der Waals surface area contributed by atoms with Crippen LogP contribution in [0.3, 0.4) is 0 Å². The fraction of sp³-hybridized carbons (Fsp3) is 0.0909. The molecule has 0 atom stereocenters. The van der Waals surface area contributed by atoms with Gasteiger partial charge in [-0.15, -0.1) is 0 Å². The van der Waals surface area contributed by atoms with Gasteiger partial charge in [0.15, 0.2) is 0 Å². The first kappa shape index (κ1) is 10.2. The number of nitrogens with two attached hydrogens (primary N) is 1. The van der Waals surface area contributed by atoms with Crippen molar-refractivity contribution < 1.29 is 14.1 Å². The van der Waals surface area contributed by atoms with Crippen molar-refractivity contribution in [2.24, 2.45) is 0 Å². The molecule has 1 aromatic carbocycles. The highest BCUT2D eigenvalue weighted by Crippen LogP contribution is 2.16. The van der Waals surface area contributed by atoms with Crippen LogP contribution in [0.5, 0.6) is 5.75 Å². The summed E-state index contributed by atoms with van der Waals surface area (Å²) in [6.07, 6.45) is 1.23. The van der Waals surface area contributed by atoms with Gasteiger partial charge in [0.1, 0.15) is 11.3 Å². The highest BCUT2D eigenvalue weighted by molar-refractivity contribution is 5.94. The lowest BCUT2D eigenvalue weighted by atomic mass is 10.2. The number of hydrogen-bond donors (Lipinski definition) is 1. The Balaban J connectivity index is 2.17. The Hall–Kier alpha value is -2.30. The second-order valence-electron chi connectivity index (χ2n) is 3.31. The molecule has 5 nitrogen and oxygen atoms in total. The molecule has 0 bridgehead atoms. The van der Waals surface area contributed by atoms with E-state index < -0.39 is 5.97 Å². The largest absolute Gasteiger partial charge is 0.423 e. The number of benzene rings is 1. The molecule has 82 valence electrons. The summed E-state index contributed by atoms with van der Waals surface area (Å²) < 4.78 is 9.68. The Labute approximate surface area is 91.8 Å². The maximum Gasteiger partial charge on any atom is 0.350 e. The minimum absolute atomic E-state index is 0.0438. The molecule has 1 aromatic heterocycles. The van der Waals surface area contributed by atoms with Gasteiger partial charge < -0.3 is 15.0 Å². The smallest absolute Gasteiger partial charge is 0.350 e. The molecule has 0 fully saturated rings. The van der Waals surface area contributed by atoms with Gasteiger partial charge in [-0.25, -0.2) is 4.79 Å². The van der Waals surface area contributed by atoms with Crippen LogP contribution in [-0.4, -0.2) is 11.1 Å². The lowest BCUT2D eigenvalue weighted by molar-refractivity contribution is 0.0735. The molecule has 0 aliphatic carbocycles. The predicted molar refractivity (Wildman–Crippen MR) is 57.1 cm³/mol. The third kappa shape index (κ3) is 2.03. The SMILES string of the molecule is Cc1cccc(OC(=O)c2cnoc2N)c1. The molecule has 0 amide bonds. The highest BCUT2D eigenvalue weighted by Gasteiger charge is 2.15. The summed E-state index contributed by atoms with van der Waals surface area (Å²) in [6, 6.07) is 7.15. The number of aromatic nitrogens is 1. The van der Waals surface area contributed by atoms with Crippen LogP contribution >= 0.6 is 0 Å². The minimum atomic E-state index is -0.579. The number of carbonyl (C=O) groups excluding carboxylic acids is 1. The summed E-state index contributed by atoms with van der Waals surface area (Å²) >= 11 is 0. The maximum absolute atomic E-state index is 11.6. The molecular weight excluding hydrogens is 208 g/mol. The van der Waals surface area contributed by atoms with Crippen LogP contribution in [0, 0.1) is 6.92 Å². The standard InChI is InChI=1S/C11H10N2O3/c1-7-3-2-4-8(5-7)15-11(14)9-6-13-16-10(9)12/h2-6H,12H2,1H3. The van der Waals surface area contributed by atoms with Crippen molar-refractivity contribution >= 4 is 11.9 Å². The third-order valence-electron chi connectivity index (χ3n) is 2.02. The van der Waals surface area contributed by atoms with E-state index in [0.29, 0.717) is 5.75 Å². The molecule has 0 unspecified atom stereocenters. The van der Waals surface area contributed by atoms with Crippen LogP contribution in [0.4, 0.5) is 5.88 Å². The van der Waals surface area contributed by atoms with Gasteiger partial charge in [-0.2, -0.15) is 0 Å². The minimum Gasteiger partial charge on any atom is -0.423 e. The molecule has 2 rings (SSSR count). The van der Waals surface area contributed by atoms with Crippen molar-refractivity contribution in [2.45, 2.75) is 6.92 Å². The van der Waals surface area contributed by atoms with Gasteiger partial charge in [0.05, 0.1) is 6.20 Å². The van der Waals surface area contributed by atoms with Crippen molar-refractivity contribution in [1.29, 1.82) is 0 Å². The number of esters is 1. The Bertz CT molecular complexity index is 519. The summed E-state index contributed by atoms with van der Waals surface area (Å²) in [5, 5.41) is 3.40. The number of carbonyl (C=O) groups is 1. The number of hydrogen-bond acceptors (Lipinski definition) is 5. The zero-order chi connectivity index (χ0) is 11.5. The van der Waals surface area contributed by atoms with E-state index >= 15 is 0 Å². The van der Waals surface area contributed by atoms with Crippen molar-refractivity contribution in [2.75, 3.05) is 5.73 Å². The molecule has 0 saturated carbocycles. The third-order valence-corrected chi connectivity index (χ3v) is 2.02. The number of ether oxygens (including phenoxy) is 1. The molecule has 0 aliphatic heterocycles. The van der Waals surface area contributed by atoms with Crippen LogP contribution in [0.15, 0.2) is 35.0 Å². The molecule has 5 heteroatoms. The number of aryl methyl sites for hydroxylation is 1. The van der Waals surface area contributed by atoms with E-state index in [-0.39, 0.29) is 11.4 Å². The van der Waals surface area contributed by atoms with E-state index in [1.807, 2.05) is 13.0 Å². The first-order valence-electron chi connectivity index (χ1n) is 4.66. The number of nitrogen functional groups attached to an aromatic ring is 1. The first-order chi connectivity index (χ1) is 7.66. The first-order valence-corrected chi connectivity index (χ1v) is 4.66. The van der Waals surface area contributed by atoms with Gasteiger partial charge in [0.25, 0.3) is 0 Å². The van der Waals surface area contributed by atoms with Gasteiger partial charge >= 0.3 is 5.97 Å². The van der Waals surface area contributed by atoms with Crippen molar-refractivity contribution in [1.82, 2.24) is 5.16 Å². The molecule has 0 radical (unpaired) electrons. The average molecular weight is 218 g/mol. The van der Waals surface area contributed by atoms with Crippen LogP contribution in [0.2, 0.25) is 0 Å². The van der Waals surface area contributed by atoms with Gasteiger partial charge in [0, 0.05) is 0 Å². The Morgan fingerprint density at radius 2 is 2.31 bits per heavy atom. The van der Waals surface area contributed by atoms with Crippen LogP contribution in [-0.2, 0) is 0 Å². The summed E-state index contributed by atoms with van der Waals surface area (Å²) in [4.78, 5) is 11.6. The monoisotopic (exact) mass is 218 g/mol. The second-order valence-corrected chi connectivity index (χ2v) is 3.31. The van der Waals surface area contributed by atoms with Crippen LogP contribution in [0.25, 0.3) is 0 Å². The summed E-state index contributed by atoms with van der Waals surface area (Å²) in [5.74, 6) is -0.160. The number of rotatable bonds is 2. The van der Waals surface area contributed by atoms with E-state index in [1.165, 1.54) is 6.20 Å². The predicted octanol–water partition coefficient (Wildman–Crippen LogP) is 1.78. The van der Waals surface area contributed by atoms with Crippen molar-refractivity contribution in [3.05, 3.63) is 41.6 Å². The molecule has 0 saturated heterocycles. The second kappa shape index (κ2) is 4.06. The van der Waals surface area contributed by atoms with E-state index in [4.69, 9.17) is 10.5 Å². The maximum atomic E-state index is 11.6. The van der Waals surface area contributed by atoms with E-state index in [0.717, 1.165) is 5.56 Å². The fourth-order valence-electron chi connectivity index (χ4n) is 1.24. The zero-order valence-corrected chi connectivity index (χ0v) is 8.64. The quantitative estimate of drug-likeness (QED) is 0.614. The number of anilines is 1. The Kier molecular flexibility index (Phi) is 2.59. The van der Waals surface area contributed by atoms with Crippen molar-refractivity contribution in [3.63, 3.8) is 0 Å². The normalized spacial score (nSPS) is 10.1. The lowest BCUT2D eigenvalue weighted by Crippen LogP contribution is -2.09. The summed E-state index contributed by atoms with van der Waals surface area (Å²) in [5.41, 5.74) is 6.52. The topological polar surface area (TPSA) is 78.3 Å². The molecule has 2 N–H and O–H groups in total. The molecule has 16 heavy (non-hydrogen) atoms. The molecule has 0 spiro atoms. The van der Waals surface area contributed by atoms with Gasteiger partial charge in [-0.05, 0) is 24.6 Å². The van der Waals surface area contributed by atoms with E-state index in [2.05, 4.69) is 9.68 Å². The molecular formula is C11H10N2O3. The molecule has 0 aliphatic rings. The summed E-state index contributed by atoms with van der Waals surface area (Å²) in [7, 11) is 0. The van der Waals surface area contributed by atoms with E-state index in [9.17, 15) is 4.79 Å². The average Bonchev–Trinajstić information content (AvgIpc) is 2.64. The van der Waals surface area contributed by atoms with E-state index in [1.54, 1.807) is 18.2 Å². The highest BCUT2D eigenvalue weighted by atomic mass is 16.5. The van der Waals surface area contributed by atoms with Gasteiger partial charge in [-0.1, -0.05) is 17.3 Å².